The highest BCUT2D eigenvalue weighted by atomic mass is 16.5. The third-order valence-electron chi connectivity index (χ3n) is 3.85. The van der Waals surface area contributed by atoms with Crippen molar-refractivity contribution in [2.24, 2.45) is 0 Å². The van der Waals surface area contributed by atoms with E-state index in [0.29, 0.717) is 6.04 Å². The minimum Gasteiger partial charge on any atom is -0.379 e. The Bertz CT molecular complexity index is 180. The molecule has 110 valence electrons. The van der Waals surface area contributed by atoms with Gasteiger partial charge in [-0.1, -0.05) is 51.9 Å². The molecule has 1 N–H and O–H groups in total. The highest BCUT2D eigenvalue weighted by molar-refractivity contribution is 4.77. The van der Waals surface area contributed by atoms with E-state index in [-0.39, 0.29) is 5.60 Å². The fourth-order valence-electron chi connectivity index (χ4n) is 2.37. The van der Waals surface area contributed by atoms with Crippen LogP contribution in [0.4, 0.5) is 0 Å². The molecule has 1 unspecified atom stereocenters. The van der Waals surface area contributed by atoms with Crippen LogP contribution in [-0.2, 0) is 4.74 Å². The highest BCUT2D eigenvalue weighted by Gasteiger charge is 2.21. The van der Waals surface area contributed by atoms with Gasteiger partial charge in [0.15, 0.2) is 0 Å². The quantitative estimate of drug-likeness (QED) is 0.519. The molecule has 0 aromatic rings. The van der Waals surface area contributed by atoms with Crippen molar-refractivity contribution in [3.8, 4) is 0 Å². The first-order valence-electron chi connectivity index (χ1n) is 7.78. The molecule has 0 bridgehead atoms. The first-order chi connectivity index (χ1) is 8.55. The molecule has 0 radical (unpaired) electrons. The molecule has 1 atom stereocenters. The Hall–Kier alpha value is -0.0800. The van der Waals surface area contributed by atoms with Crippen LogP contribution < -0.4 is 5.32 Å². The van der Waals surface area contributed by atoms with Gasteiger partial charge in [0, 0.05) is 13.2 Å². The van der Waals surface area contributed by atoms with Crippen molar-refractivity contribution in [1.29, 1.82) is 0 Å². The maximum atomic E-state index is 5.50. The lowest BCUT2D eigenvalue weighted by atomic mass is 9.94. The molecule has 0 saturated heterocycles. The van der Waals surface area contributed by atoms with Gasteiger partial charge in [-0.05, 0) is 33.7 Å². The Labute approximate surface area is 115 Å². The van der Waals surface area contributed by atoms with Crippen molar-refractivity contribution < 1.29 is 4.74 Å². The van der Waals surface area contributed by atoms with E-state index in [1.165, 1.54) is 51.4 Å². The van der Waals surface area contributed by atoms with Crippen LogP contribution in [0, 0.1) is 0 Å². The van der Waals surface area contributed by atoms with Crippen LogP contribution in [-0.4, -0.2) is 25.8 Å². The number of unbranched alkanes of at least 4 members (excludes halogenated alkanes) is 6. The monoisotopic (exact) mass is 257 g/mol. The molecule has 0 fully saturated rings. The minimum atomic E-state index is -0.00516. The van der Waals surface area contributed by atoms with Crippen LogP contribution in [0.1, 0.15) is 78.6 Å². The second-order valence-electron chi connectivity index (χ2n) is 6.06. The Morgan fingerprint density at radius 3 is 2.06 bits per heavy atom. The van der Waals surface area contributed by atoms with Gasteiger partial charge in [-0.15, -0.1) is 0 Å². The predicted molar refractivity (Wildman–Crippen MR) is 81.2 cm³/mol. The minimum absolute atomic E-state index is 0.00516. The summed E-state index contributed by atoms with van der Waals surface area (Å²) >= 11 is 0. The maximum Gasteiger partial charge on any atom is 0.0637 e. The summed E-state index contributed by atoms with van der Waals surface area (Å²) in [7, 11) is 3.87. The van der Waals surface area contributed by atoms with Crippen LogP contribution in [0.5, 0.6) is 0 Å². The summed E-state index contributed by atoms with van der Waals surface area (Å²) in [6.45, 7) is 6.61. The van der Waals surface area contributed by atoms with Crippen LogP contribution in [0.2, 0.25) is 0 Å². The van der Waals surface area contributed by atoms with Gasteiger partial charge in [0.05, 0.1) is 5.60 Å². The third-order valence-corrected chi connectivity index (χ3v) is 3.85. The summed E-state index contributed by atoms with van der Waals surface area (Å²) in [5.41, 5.74) is -0.00516. The fourth-order valence-corrected chi connectivity index (χ4v) is 2.37. The first-order valence-corrected chi connectivity index (χ1v) is 7.78. The standard InChI is InChI=1S/C16H35NO/c1-6-7-8-9-10-11-12-13-15(17-4)14-16(2,3)18-5/h15,17H,6-14H2,1-5H3. The van der Waals surface area contributed by atoms with Crippen LogP contribution >= 0.6 is 0 Å². The molecule has 0 amide bonds. The van der Waals surface area contributed by atoms with Crippen molar-refractivity contribution in [1.82, 2.24) is 5.32 Å². The van der Waals surface area contributed by atoms with Crippen LogP contribution in [0.3, 0.4) is 0 Å². The summed E-state index contributed by atoms with van der Waals surface area (Å²) in [6.07, 6.45) is 12.1. The van der Waals surface area contributed by atoms with Gasteiger partial charge in [-0.25, -0.2) is 0 Å². The highest BCUT2D eigenvalue weighted by Crippen LogP contribution is 2.19. The van der Waals surface area contributed by atoms with E-state index in [1.54, 1.807) is 7.11 Å². The predicted octanol–water partition coefficient (Wildman–Crippen LogP) is 4.53. The lowest BCUT2D eigenvalue weighted by Gasteiger charge is -2.28. The maximum absolute atomic E-state index is 5.50. The van der Waals surface area contributed by atoms with Gasteiger partial charge in [0.1, 0.15) is 0 Å². The average molecular weight is 257 g/mol. The number of ether oxygens (including phenoxy) is 1. The molecular weight excluding hydrogens is 222 g/mol. The topological polar surface area (TPSA) is 21.3 Å². The summed E-state index contributed by atoms with van der Waals surface area (Å²) in [4.78, 5) is 0. The lowest BCUT2D eigenvalue weighted by Crippen LogP contribution is -2.35. The smallest absolute Gasteiger partial charge is 0.0637 e. The van der Waals surface area contributed by atoms with E-state index in [0.717, 1.165) is 6.42 Å². The van der Waals surface area contributed by atoms with Gasteiger partial charge in [-0.2, -0.15) is 0 Å². The normalized spacial score (nSPS) is 13.8. The molecule has 2 heteroatoms. The molecule has 0 spiro atoms. The largest absolute Gasteiger partial charge is 0.379 e. The Kier molecular flexibility index (Phi) is 10.8. The molecule has 0 aliphatic carbocycles. The van der Waals surface area contributed by atoms with E-state index in [2.05, 4.69) is 33.1 Å². The Morgan fingerprint density at radius 1 is 1.00 bits per heavy atom. The van der Waals surface area contributed by atoms with Crippen molar-refractivity contribution in [2.45, 2.75) is 90.2 Å². The summed E-state index contributed by atoms with van der Waals surface area (Å²) in [5, 5.41) is 3.42. The first kappa shape index (κ1) is 17.9. The van der Waals surface area contributed by atoms with E-state index < -0.39 is 0 Å². The van der Waals surface area contributed by atoms with Crippen molar-refractivity contribution in [3.63, 3.8) is 0 Å². The van der Waals surface area contributed by atoms with Gasteiger partial charge in [-0.3, -0.25) is 0 Å². The third kappa shape index (κ3) is 9.90. The summed E-state index contributed by atoms with van der Waals surface area (Å²) in [5.74, 6) is 0. The van der Waals surface area contributed by atoms with Gasteiger partial charge < -0.3 is 10.1 Å². The van der Waals surface area contributed by atoms with Gasteiger partial charge >= 0.3 is 0 Å². The number of methoxy groups -OCH3 is 1. The number of hydrogen-bond acceptors (Lipinski definition) is 2. The number of rotatable bonds is 12. The molecule has 0 saturated carbocycles. The van der Waals surface area contributed by atoms with Crippen molar-refractivity contribution >= 4 is 0 Å². The molecule has 0 aliphatic rings. The Balaban J connectivity index is 3.56. The van der Waals surface area contributed by atoms with Crippen molar-refractivity contribution in [2.75, 3.05) is 14.2 Å². The second-order valence-corrected chi connectivity index (χ2v) is 6.06. The number of nitrogens with one attached hydrogen (secondary N) is 1. The summed E-state index contributed by atoms with van der Waals surface area (Å²) in [6, 6.07) is 0.593. The second kappa shape index (κ2) is 10.8. The van der Waals surface area contributed by atoms with E-state index in [1.807, 2.05) is 0 Å². The molecule has 18 heavy (non-hydrogen) atoms. The molecule has 0 heterocycles. The fraction of sp³-hybridized carbons (Fsp3) is 1.00. The Morgan fingerprint density at radius 2 is 1.56 bits per heavy atom. The van der Waals surface area contributed by atoms with Crippen LogP contribution in [0.15, 0.2) is 0 Å². The molecular formula is C16H35NO. The average Bonchev–Trinajstić information content (AvgIpc) is 2.36. The molecule has 0 aliphatic heterocycles. The SMILES string of the molecule is CCCCCCCCCC(CC(C)(C)OC)NC. The zero-order chi connectivity index (χ0) is 13.9. The van der Waals surface area contributed by atoms with Gasteiger partial charge in [0.25, 0.3) is 0 Å². The lowest BCUT2D eigenvalue weighted by molar-refractivity contribution is 0.00681. The number of hydrogen-bond donors (Lipinski definition) is 1. The van der Waals surface area contributed by atoms with E-state index in [9.17, 15) is 0 Å². The molecule has 0 aromatic carbocycles. The molecule has 0 aromatic heterocycles. The van der Waals surface area contributed by atoms with Crippen LogP contribution in [0.25, 0.3) is 0 Å². The summed E-state index contributed by atoms with van der Waals surface area (Å²) < 4.78 is 5.50. The zero-order valence-electron chi connectivity index (χ0n) is 13.3. The zero-order valence-corrected chi connectivity index (χ0v) is 13.3. The molecule has 0 rings (SSSR count). The molecule has 2 nitrogen and oxygen atoms in total. The van der Waals surface area contributed by atoms with Gasteiger partial charge in [0.2, 0.25) is 0 Å². The van der Waals surface area contributed by atoms with Crippen molar-refractivity contribution in [3.05, 3.63) is 0 Å². The van der Waals surface area contributed by atoms with E-state index >= 15 is 0 Å². The van der Waals surface area contributed by atoms with E-state index in [4.69, 9.17) is 4.74 Å².